The van der Waals surface area contributed by atoms with Gasteiger partial charge in [0.2, 0.25) is 17.5 Å². The molecule has 1 amide bonds. The number of halogens is 6. The number of aromatic nitrogens is 6. The van der Waals surface area contributed by atoms with Gasteiger partial charge in [0, 0.05) is 19.3 Å². The first-order valence-corrected chi connectivity index (χ1v) is 8.02. The lowest BCUT2D eigenvalue weighted by atomic mass is 10.3. The Balaban J connectivity index is 1.77. The van der Waals surface area contributed by atoms with Gasteiger partial charge in [0.15, 0.2) is 5.69 Å². The summed E-state index contributed by atoms with van der Waals surface area (Å²) in [7, 11) is 1.16. The van der Waals surface area contributed by atoms with Crippen LogP contribution in [-0.2, 0) is 19.4 Å². The number of nitrogens with zero attached hydrogens (tertiary/aromatic N) is 6. The molecular formula is C15H11F6N7O2. The van der Waals surface area contributed by atoms with Gasteiger partial charge in [-0.15, -0.1) is 0 Å². The van der Waals surface area contributed by atoms with Crippen molar-refractivity contribution >= 4 is 5.91 Å². The monoisotopic (exact) mass is 435 g/mol. The average molecular weight is 435 g/mol. The molecule has 1 N–H and O–H groups in total. The van der Waals surface area contributed by atoms with Gasteiger partial charge >= 0.3 is 12.4 Å². The molecule has 0 radical (unpaired) electrons. The summed E-state index contributed by atoms with van der Waals surface area (Å²) in [5.41, 5.74) is -1.89. The average Bonchev–Trinajstić information content (AvgIpc) is 3.28. The highest BCUT2D eigenvalue weighted by atomic mass is 19.4. The zero-order valence-corrected chi connectivity index (χ0v) is 15.1. The zero-order valence-electron chi connectivity index (χ0n) is 15.1. The summed E-state index contributed by atoms with van der Waals surface area (Å²) in [6.45, 7) is 1.39. The molecular weight excluding hydrogens is 424 g/mol. The fourth-order valence-electron chi connectivity index (χ4n) is 2.29. The van der Waals surface area contributed by atoms with Crippen LogP contribution in [0.3, 0.4) is 0 Å². The quantitative estimate of drug-likeness (QED) is 0.628. The number of nitrogens with one attached hydrogen (secondary N) is 1. The fraction of sp³-hybridized carbons (Fsp3) is 0.333. The lowest BCUT2D eigenvalue weighted by Gasteiger charge is -2.09. The largest absolute Gasteiger partial charge is 0.451 e. The molecule has 0 fully saturated rings. The van der Waals surface area contributed by atoms with Gasteiger partial charge in [-0.3, -0.25) is 9.48 Å². The van der Waals surface area contributed by atoms with Crippen molar-refractivity contribution in [2.24, 2.45) is 7.05 Å². The van der Waals surface area contributed by atoms with Gasteiger partial charge in [-0.05, 0) is 13.0 Å². The minimum atomic E-state index is -4.78. The van der Waals surface area contributed by atoms with E-state index in [0.717, 1.165) is 24.0 Å². The maximum Gasteiger partial charge on any atom is 0.451 e. The van der Waals surface area contributed by atoms with Crippen LogP contribution in [0.4, 0.5) is 26.3 Å². The smallest absolute Gasteiger partial charge is 0.339 e. The summed E-state index contributed by atoms with van der Waals surface area (Å²) in [6, 6.07) is 0.717. The summed E-state index contributed by atoms with van der Waals surface area (Å²) in [4.78, 5) is 22.5. The molecule has 3 aromatic rings. The number of carbonyl (C=O) groups excluding carboxylic acids is 1. The van der Waals surface area contributed by atoms with E-state index in [1.165, 1.54) is 6.92 Å². The molecule has 30 heavy (non-hydrogen) atoms. The maximum absolute atomic E-state index is 12.7. The van der Waals surface area contributed by atoms with Crippen LogP contribution in [0.1, 0.15) is 40.9 Å². The molecule has 0 saturated carbocycles. The van der Waals surface area contributed by atoms with E-state index in [-0.39, 0.29) is 23.1 Å². The molecule has 0 saturated heterocycles. The molecule has 3 aromatic heterocycles. The Labute approximate surface area is 163 Å². The Morgan fingerprint density at radius 1 is 1.17 bits per heavy atom. The van der Waals surface area contributed by atoms with Crippen molar-refractivity contribution in [1.29, 1.82) is 0 Å². The molecule has 0 spiro atoms. The molecule has 15 heteroatoms. The summed E-state index contributed by atoms with van der Waals surface area (Å²) in [6.07, 6.45) is -8.63. The molecule has 0 aliphatic heterocycles. The number of alkyl halides is 6. The summed E-state index contributed by atoms with van der Waals surface area (Å²) < 4.78 is 82.0. The third-order valence-electron chi connectivity index (χ3n) is 3.70. The molecule has 0 unspecified atom stereocenters. The topological polar surface area (TPSA) is 112 Å². The van der Waals surface area contributed by atoms with E-state index in [1.807, 2.05) is 0 Å². The zero-order chi connectivity index (χ0) is 22.3. The second-order valence-corrected chi connectivity index (χ2v) is 5.95. The Hall–Kier alpha value is -3.52. The van der Waals surface area contributed by atoms with Crippen molar-refractivity contribution in [3.8, 4) is 11.5 Å². The van der Waals surface area contributed by atoms with E-state index < -0.39 is 35.8 Å². The van der Waals surface area contributed by atoms with Crippen LogP contribution in [0.2, 0.25) is 0 Å². The minimum absolute atomic E-state index is 0.205. The van der Waals surface area contributed by atoms with Crippen molar-refractivity contribution in [3.05, 3.63) is 41.4 Å². The summed E-state index contributed by atoms with van der Waals surface area (Å²) in [5.74, 6) is -2.80. The van der Waals surface area contributed by atoms with Crippen LogP contribution in [-0.4, -0.2) is 35.8 Å². The normalized spacial score (nSPS) is 13.3. The minimum Gasteiger partial charge on any atom is -0.339 e. The van der Waals surface area contributed by atoms with Crippen LogP contribution < -0.4 is 5.32 Å². The molecule has 1 atom stereocenters. The maximum atomic E-state index is 12.7. The predicted molar refractivity (Wildman–Crippen MR) is 84.4 cm³/mol. The second kappa shape index (κ2) is 7.38. The van der Waals surface area contributed by atoms with Crippen molar-refractivity contribution in [2.75, 3.05) is 0 Å². The number of amides is 1. The number of aryl methyl sites for hydroxylation is 1. The summed E-state index contributed by atoms with van der Waals surface area (Å²) in [5, 5.41) is 9.07. The standard InChI is InChI=1S/C15H11F6N7O2/c1-6(23-11(29)8-5-9(14(16,17)18)26-28(8)2)12-25-10(27-30-12)7-3-4-22-13(24-7)15(19,20)21/h3-6H,1-2H3,(H,23,29)/t6-/m0/s1. The molecule has 0 bridgehead atoms. The molecule has 0 aliphatic rings. The van der Waals surface area contributed by atoms with Gasteiger partial charge in [0.25, 0.3) is 5.91 Å². The fourth-order valence-corrected chi connectivity index (χ4v) is 2.29. The van der Waals surface area contributed by atoms with Gasteiger partial charge in [-0.2, -0.15) is 36.4 Å². The lowest BCUT2D eigenvalue weighted by Crippen LogP contribution is -2.28. The van der Waals surface area contributed by atoms with Crippen LogP contribution in [0.15, 0.2) is 22.9 Å². The van der Waals surface area contributed by atoms with Crippen LogP contribution >= 0.6 is 0 Å². The molecule has 0 aliphatic carbocycles. The third-order valence-corrected chi connectivity index (χ3v) is 3.70. The Morgan fingerprint density at radius 2 is 1.87 bits per heavy atom. The van der Waals surface area contributed by atoms with Gasteiger partial charge in [0.05, 0.1) is 0 Å². The molecule has 9 nitrogen and oxygen atoms in total. The predicted octanol–water partition coefficient (Wildman–Crippen LogP) is 2.79. The highest BCUT2D eigenvalue weighted by molar-refractivity contribution is 5.92. The third kappa shape index (κ3) is 4.38. The highest BCUT2D eigenvalue weighted by Crippen LogP contribution is 2.29. The SMILES string of the molecule is C[C@H](NC(=O)c1cc(C(F)(F)F)nn1C)c1nc(-c2ccnc(C(F)(F)F)n2)no1. The first kappa shape index (κ1) is 21.2. The van der Waals surface area contributed by atoms with Gasteiger partial charge < -0.3 is 9.84 Å². The number of rotatable bonds is 4. The highest BCUT2D eigenvalue weighted by Gasteiger charge is 2.36. The first-order chi connectivity index (χ1) is 13.9. The Kier molecular flexibility index (Phi) is 5.22. The van der Waals surface area contributed by atoms with Crippen molar-refractivity contribution in [1.82, 2.24) is 35.2 Å². The number of carbonyl (C=O) groups is 1. The van der Waals surface area contributed by atoms with Crippen LogP contribution in [0, 0.1) is 0 Å². The van der Waals surface area contributed by atoms with E-state index in [2.05, 4.69) is 30.5 Å². The molecule has 3 heterocycles. The van der Waals surface area contributed by atoms with E-state index in [1.54, 1.807) is 0 Å². The molecule has 0 aromatic carbocycles. The van der Waals surface area contributed by atoms with E-state index >= 15 is 0 Å². The Morgan fingerprint density at radius 3 is 2.47 bits per heavy atom. The van der Waals surface area contributed by atoms with Crippen molar-refractivity contribution in [3.63, 3.8) is 0 Å². The van der Waals surface area contributed by atoms with Gasteiger partial charge in [-0.1, -0.05) is 5.16 Å². The van der Waals surface area contributed by atoms with Gasteiger partial charge in [-0.25, -0.2) is 9.97 Å². The number of hydrogen-bond acceptors (Lipinski definition) is 7. The Bertz CT molecular complexity index is 1070. The van der Waals surface area contributed by atoms with Crippen LogP contribution in [0.25, 0.3) is 11.5 Å². The molecule has 160 valence electrons. The first-order valence-electron chi connectivity index (χ1n) is 8.02. The lowest BCUT2D eigenvalue weighted by molar-refractivity contribution is -0.145. The summed E-state index contributed by atoms with van der Waals surface area (Å²) >= 11 is 0. The second-order valence-electron chi connectivity index (χ2n) is 5.95. The number of hydrogen-bond donors (Lipinski definition) is 1. The van der Waals surface area contributed by atoms with E-state index in [0.29, 0.717) is 6.07 Å². The molecule has 3 rings (SSSR count). The van der Waals surface area contributed by atoms with Gasteiger partial charge in [0.1, 0.15) is 17.4 Å². The van der Waals surface area contributed by atoms with Crippen molar-refractivity contribution < 1.29 is 35.7 Å². The van der Waals surface area contributed by atoms with E-state index in [9.17, 15) is 31.1 Å². The van der Waals surface area contributed by atoms with E-state index in [4.69, 9.17) is 4.52 Å². The van der Waals surface area contributed by atoms with Crippen molar-refractivity contribution in [2.45, 2.75) is 25.3 Å². The van der Waals surface area contributed by atoms with Crippen LogP contribution in [0.5, 0.6) is 0 Å².